The summed E-state index contributed by atoms with van der Waals surface area (Å²) in [5.74, 6) is 0. The van der Waals surface area contributed by atoms with Gasteiger partial charge in [0.05, 0.1) is 0 Å². The van der Waals surface area contributed by atoms with Gasteiger partial charge in [-0.05, 0) is 30.6 Å². The molecule has 0 aromatic heterocycles. The lowest BCUT2D eigenvalue weighted by Crippen LogP contribution is -2.32. The van der Waals surface area contributed by atoms with Crippen LogP contribution in [0.3, 0.4) is 0 Å². The molecule has 0 saturated carbocycles. The third-order valence-corrected chi connectivity index (χ3v) is 3.06. The lowest BCUT2D eigenvalue weighted by molar-refractivity contribution is -0.547. The number of morpholine rings is 1. The Hall–Kier alpha value is -1.15. The summed E-state index contributed by atoms with van der Waals surface area (Å²) in [5.41, 5.74) is 5.01. The smallest absolute Gasteiger partial charge is 0.200 e. The van der Waals surface area contributed by atoms with Gasteiger partial charge in [0, 0.05) is 12.2 Å². The van der Waals surface area contributed by atoms with Crippen molar-refractivity contribution in [1.82, 2.24) is 0 Å². The Balaban J connectivity index is 2.33. The highest BCUT2D eigenvalue weighted by Gasteiger charge is 2.19. The maximum absolute atomic E-state index is 5.35. The quantitative estimate of drug-likeness (QED) is 0.549. The second kappa shape index (κ2) is 4.15. The van der Waals surface area contributed by atoms with E-state index in [9.17, 15) is 0 Å². The van der Waals surface area contributed by atoms with Crippen LogP contribution in [0.15, 0.2) is 35.5 Å². The predicted molar refractivity (Wildman–Crippen MR) is 62.5 cm³/mol. The van der Waals surface area contributed by atoms with E-state index in [4.69, 9.17) is 4.74 Å². The molecule has 0 radical (unpaired) electrons. The van der Waals surface area contributed by atoms with Gasteiger partial charge in [0.25, 0.3) is 0 Å². The second-order valence-corrected chi connectivity index (χ2v) is 4.16. The van der Waals surface area contributed by atoms with Gasteiger partial charge in [-0.1, -0.05) is 6.58 Å². The van der Waals surface area contributed by atoms with Crippen LogP contribution in [-0.4, -0.2) is 36.6 Å². The Bertz CT molecular complexity index is 353. The Labute approximate surface area is 91.3 Å². The maximum atomic E-state index is 5.35. The highest BCUT2D eigenvalue weighted by molar-refractivity contribution is 6.04. The van der Waals surface area contributed by atoms with E-state index in [-0.39, 0.29) is 0 Å². The van der Waals surface area contributed by atoms with Crippen LogP contribution < -0.4 is 0 Å². The summed E-state index contributed by atoms with van der Waals surface area (Å²) >= 11 is 0. The van der Waals surface area contributed by atoms with Crippen LogP contribution in [0.1, 0.15) is 13.8 Å². The topological polar surface area (TPSA) is 12.2 Å². The molecule has 0 N–H and O–H groups in total. The Kier molecular flexibility index (Phi) is 2.87. The molecule has 1 fully saturated rings. The number of rotatable bonds is 0. The van der Waals surface area contributed by atoms with Gasteiger partial charge in [-0.25, -0.2) is 4.58 Å². The van der Waals surface area contributed by atoms with Crippen molar-refractivity contribution < 1.29 is 9.31 Å². The maximum Gasteiger partial charge on any atom is 0.200 e. The minimum Gasteiger partial charge on any atom is -0.368 e. The van der Waals surface area contributed by atoms with Crippen LogP contribution in [0.4, 0.5) is 0 Å². The average Bonchev–Trinajstić information content (AvgIpc) is 2.26. The van der Waals surface area contributed by atoms with Gasteiger partial charge in [-0.2, -0.15) is 0 Å². The van der Waals surface area contributed by atoms with Crippen LogP contribution in [0.2, 0.25) is 0 Å². The zero-order valence-corrected chi connectivity index (χ0v) is 9.55. The summed E-state index contributed by atoms with van der Waals surface area (Å²) in [6.45, 7) is 12.0. The monoisotopic (exact) mass is 204 g/mol. The molecule has 2 heteroatoms. The molecule has 2 aliphatic rings. The van der Waals surface area contributed by atoms with Gasteiger partial charge in [0.1, 0.15) is 13.2 Å². The van der Waals surface area contributed by atoms with Crippen molar-refractivity contribution in [2.75, 3.05) is 26.3 Å². The summed E-state index contributed by atoms with van der Waals surface area (Å²) in [5, 5.41) is 0. The third kappa shape index (κ3) is 2.10. The molecule has 0 spiro atoms. The van der Waals surface area contributed by atoms with E-state index in [2.05, 4.69) is 37.2 Å². The molecule has 0 bridgehead atoms. The third-order valence-electron chi connectivity index (χ3n) is 3.06. The number of hydrogen-bond acceptors (Lipinski definition) is 1. The van der Waals surface area contributed by atoms with Crippen LogP contribution >= 0.6 is 0 Å². The first-order valence-electron chi connectivity index (χ1n) is 5.44. The van der Waals surface area contributed by atoms with E-state index in [0.717, 1.165) is 31.9 Å². The molecule has 1 aliphatic heterocycles. The average molecular weight is 204 g/mol. The highest BCUT2D eigenvalue weighted by Crippen LogP contribution is 2.21. The molecule has 0 amide bonds. The molecular weight excluding hydrogens is 186 g/mol. The summed E-state index contributed by atoms with van der Waals surface area (Å²) in [6.07, 6.45) is 4.45. The Morgan fingerprint density at radius 3 is 2.20 bits per heavy atom. The zero-order chi connectivity index (χ0) is 10.8. The van der Waals surface area contributed by atoms with Gasteiger partial charge in [0.2, 0.25) is 5.71 Å². The SMILES string of the molecule is C=C1C(C)=CC(=[N+]2CCOCC2)C=C1C. The summed E-state index contributed by atoms with van der Waals surface area (Å²) in [4.78, 5) is 0. The van der Waals surface area contributed by atoms with Crippen molar-refractivity contribution in [3.63, 3.8) is 0 Å². The van der Waals surface area contributed by atoms with Gasteiger partial charge in [-0.15, -0.1) is 0 Å². The summed E-state index contributed by atoms with van der Waals surface area (Å²) in [6, 6.07) is 0. The molecule has 80 valence electrons. The van der Waals surface area contributed by atoms with Crippen LogP contribution in [0.25, 0.3) is 0 Å². The predicted octanol–water partition coefficient (Wildman–Crippen LogP) is 1.93. The van der Waals surface area contributed by atoms with Crippen molar-refractivity contribution in [2.24, 2.45) is 0 Å². The minimum atomic E-state index is 0.838. The van der Waals surface area contributed by atoms with Crippen molar-refractivity contribution in [3.05, 3.63) is 35.5 Å². The van der Waals surface area contributed by atoms with E-state index < -0.39 is 0 Å². The molecule has 15 heavy (non-hydrogen) atoms. The first-order chi connectivity index (χ1) is 7.18. The molecule has 0 aromatic carbocycles. The minimum absolute atomic E-state index is 0.838. The van der Waals surface area contributed by atoms with E-state index in [1.165, 1.54) is 16.9 Å². The molecule has 2 nitrogen and oxygen atoms in total. The van der Waals surface area contributed by atoms with Gasteiger partial charge in [-0.3, -0.25) is 0 Å². The van der Waals surface area contributed by atoms with Gasteiger partial charge >= 0.3 is 0 Å². The molecule has 0 unspecified atom stereocenters. The molecule has 0 aromatic rings. The fourth-order valence-corrected chi connectivity index (χ4v) is 1.97. The Morgan fingerprint density at radius 1 is 1.13 bits per heavy atom. The number of allylic oxidation sites excluding steroid dienone is 5. The molecule has 1 aliphatic carbocycles. The van der Waals surface area contributed by atoms with Crippen molar-refractivity contribution in [1.29, 1.82) is 0 Å². The van der Waals surface area contributed by atoms with Gasteiger partial charge in [0.15, 0.2) is 13.1 Å². The van der Waals surface area contributed by atoms with E-state index in [1.807, 2.05) is 0 Å². The van der Waals surface area contributed by atoms with Crippen LogP contribution in [0.5, 0.6) is 0 Å². The second-order valence-electron chi connectivity index (χ2n) is 4.16. The van der Waals surface area contributed by atoms with E-state index in [1.54, 1.807) is 0 Å². The fourth-order valence-electron chi connectivity index (χ4n) is 1.97. The molecular formula is C13H18NO+. The summed E-state index contributed by atoms with van der Waals surface area (Å²) < 4.78 is 7.73. The lowest BCUT2D eigenvalue weighted by atomic mass is 9.94. The Morgan fingerprint density at radius 2 is 1.67 bits per heavy atom. The first kappa shape index (κ1) is 10.4. The van der Waals surface area contributed by atoms with Crippen molar-refractivity contribution >= 4 is 5.71 Å². The van der Waals surface area contributed by atoms with Crippen molar-refractivity contribution in [2.45, 2.75) is 13.8 Å². The number of ether oxygens (including phenoxy) is 1. The molecule has 2 rings (SSSR count). The normalized spacial score (nSPS) is 22.7. The number of hydrogen-bond donors (Lipinski definition) is 0. The van der Waals surface area contributed by atoms with E-state index >= 15 is 0 Å². The lowest BCUT2D eigenvalue weighted by Gasteiger charge is -2.16. The standard InChI is InChI=1S/C13H18NO/c1-10-8-13(9-11(2)12(10)3)14-4-6-15-7-5-14/h8-9H,3-7H2,1-2H3/q+1. The fraction of sp³-hybridized carbons (Fsp3) is 0.462. The summed E-state index contributed by atoms with van der Waals surface area (Å²) in [7, 11) is 0. The van der Waals surface area contributed by atoms with E-state index in [0.29, 0.717) is 0 Å². The zero-order valence-electron chi connectivity index (χ0n) is 9.55. The highest BCUT2D eigenvalue weighted by atomic mass is 16.5. The first-order valence-corrected chi connectivity index (χ1v) is 5.44. The van der Waals surface area contributed by atoms with Crippen LogP contribution in [-0.2, 0) is 4.74 Å². The van der Waals surface area contributed by atoms with Gasteiger partial charge < -0.3 is 4.74 Å². The van der Waals surface area contributed by atoms with Crippen molar-refractivity contribution in [3.8, 4) is 0 Å². The number of nitrogens with zero attached hydrogens (tertiary/aromatic N) is 1. The van der Waals surface area contributed by atoms with Crippen LogP contribution in [0, 0.1) is 0 Å². The molecule has 1 heterocycles. The largest absolute Gasteiger partial charge is 0.368 e. The molecule has 1 saturated heterocycles. The molecule has 0 atom stereocenters.